The molecular formula is C11H14Cl2N2. The lowest BCUT2D eigenvalue weighted by Gasteiger charge is -2.25. The summed E-state index contributed by atoms with van der Waals surface area (Å²) in [4.78, 5) is 0. The number of hydrogen-bond donors (Lipinski definition) is 2. The van der Waals surface area contributed by atoms with Crippen molar-refractivity contribution < 1.29 is 0 Å². The summed E-state index contributed by atoms with van der Waals surface area (Å²) in [6, 6.07) is 6.05. The Hall–Kier alpha value is -0.440. The SMILES string of the molecule is Clc1cccc(Cl)c1NC1CCNCC1. The average molecular weight is 245 g/mol. The van der Waals surface area contributed by atoms with Crippen molar-refractivity contribution in [3.63, 3.8) is 0 Å². The van der Waals surface area contributed by atoms with Gasteiger partial charge in [-0.05, 0) is 38.1 Å². The van der Waals surface area contributed by atoms with E-state index in [4.69, 9.17) is 23.2 Å². The molecule has 0 unspecified atom stereocenters. The van der Waals surface area contributed by atoms with Gasteiger partial charge in [0.15, 0.2) is 0 Å². The van der Waals surface area contributed by atoms with Crippen LogP contribution in [-0.2, 0) is 0 Å². The monoisotopic (exact) mass is 244 g/mol. The van der Waals surface area contributed by atoms with Gasteiger partial charge in [-0.2, -0.15) is 0 Å². The van der Waals surface area contributed by atoms with Crippen LogP contribution in [0.3, 0.4) is 0 Å². The van der Waals surface area contributed by atoms with Crippen LogP contribution in [0.15, 0.2) is 18.2 Å². The molecule has 0 amide bonds. The van der Waals surface area contributed by atoms with E-state index in [1.807, 2.05) is 18.2 Å². The fourth-order valence-corrected chi connectivity index (χ4v) is 2.31. The van der Waals surface area contributed by atoms with E-state index in [1.54, 1.807) is 0 Å². The summed E-state index contributed by atoms with van der Waals surface area (Å²) in [5.74, 6) is 0. The zero-order valence-corrected chi connectivity index (χ0v) is 9.91. The third kappa shape index (κ3) is 2.77. The first kappa shape index (κ1) is 11.1. The minimum atomic E-state index is 0.476. The van der Waals surface area contributed by atoms with E-state index in [0.29, 0.717) is 16.1 Å². The van der Waals surface area contributed by atoms with Crippen LogP contribution in [0.2, 0.25) is 10.0 Å². The molecule has 0 radical (unpaired) electrons. The first-order valence-electron chi connectivity index (χ1n) is 5.18. The summed E-state index contributed by atoms with van der Waals surface area (Å²) in [6.45, 7) is 2.11. The first-order valence-corrected chi connectivity index (χ1v) is 5.94. The van der Waals surface area contributed by atoms with E-state index in [0.717, 1.165) is 31.6 Å². The minimum absolute atomic E-state index is 0.476. The van der Waals surface area contributed by atoms with Gasteiger partial charge >= 0.3 is 0 Å². The van der Waals surface area contributed by atoms with Crippen molar-refractivity contribution in [2.24, 2.45) is 0 Å². The second-order valence-corrected chi connectivity index (χ2v) is 4.58. The normalized spacial score (nSPS) is 17.7. The molecule has 1 aromatic rings. The summed E-state index contributed by atoms with van der Waals surface area (Å²) in [6.07, 6.45) is 2.23. The van der Waals surface area contributed by atoms with Gasteiger partial charge in [0.25, 0.3) is 0 Å². The molecule has 0 atom stereocenters. The summed E-state index contributed by atoms with van der Waals surface area (Å²) < 4.78 is 0. The van der Waals surface area contributed by atoms with Crippen molar-refractivity contribution in [1.29, 1.82) is 0 Å². The van der Waals surface area contributed by atoms with E-state index in [2.05, 4.69) is 10.6 Å². The molecule has 1 aliphatic rings. The van der Waals surface area contributed by atoms with Gasteiger partial charge in [0.1, 0.15) is 0 Å². The number of piperidine rings is 1. The van der Waals surface area contributed by atoms with Crippen LogP contribution >= 0.6 is 23.2 Å². The Morgan fingerprint density at radius 2 is 1.73 bits per heavy atom. The molecule has 0 aliphatic carbocycles. The first-order chi connectivity index (χ1) is 7.27. The van der Waals surface area contributed by atoms with E-state index in [-0.39, 0.29) is 0 Å². The van der Waals surface area contributed by atoms with Gasteiger partial charge in [0, 0.05) is 6.04 Å². The van der Waals surface area contributed by atoms with Gasteiger partial charge in [0.2, 0.25) is 0 Å². The van der Waals surface area contributed by atoms with Crippen molar-refractivity contribution in [2.75, 3.05) is 18.4 Å². The van der Waals surface area contributed by atoms with Crippen LogP contribution in [0.25, 0.3) is 0 Å². The molecule has 1 heterocycles. The smallest absolute Gasteiger partial charge is 0.0721 e. The van der Waals surface area contributed by atoms with Gasteiger partial charge in [-0.3, -0.25) is 0 Å². The number of benzene rings is 1. The number of halogens is 2. The summed E-state index contributed by atoms with van der Waals surface area (Å²) in [7, 11) is 0. The zero-order chi connectivity index (χ0) is 10.7. The van der Waals surface area contributed by atoms with Gasteiger partial charge in [-0.15, -0.1) is 0 Å². The molecule has 2 N–H and O–H groups in total. The largest absolute Gasteiger partial charge is 0.380 e. The second-order valence-electron chi connectivity index (χ2n) is 3.77. The highest BCUT2D eigenvalue weighted by Gasteiger charge is 2.15. The molecule has 0 aromatic heterocycles. The highest BCUT2D eigenvalue weighted by Crippen LogP contribution is 2.31. The molecule has 4 heteroatoms. The second kappa shape index (κ2) is 5.06. The number of anilines is 1. The number of hydrogen-bond acceptors (Lipinski definition) is 2. The van der Waals surface area contributed by atoms with Crippen LogP contribution < -0.4 is 10.6 Å². The van der Waals surface area contributed by atoms with Crippen molar-refractivity contribution in [1.82, 2.24) is 5.32 Å². The van der Waals surface area contributed by atoms with Crippen molar-refractivity contribution in [3.05, 3.63) is 28.2 Å². The summed E-state index contributed by atoms with van der Waals surface area (Å²) in [5.41, 5.74) is 0.868. The maximum atomic E-state index is 6.09. The summed E-state index contributed by atoms with van der Waals surface area (Å²) in [5, 5.41) is 8.13. The van der Waals surface area contributed by atoms with Gasteiger partial charge < -0.3 is 10.6 Å². The highest BCUT2D eigenvalue weighted by molar-refractivity contribution is 6.39. The van der Waals surface area contributed by atoms with Crippen LogP contribution in [0.4, 0.5) is 5.69 Å². The van der Waals surface area contributed by atoms with Crippen LogP contribution in [0, 0.1) is 0 Å². The molecule has 0 spiro atoms. The zero-order valence-electron chi connectivity index (χ0n) is 8.39. The molecule has 1 aliphatic heterocycles. The maximum absolute atomic E-state index is 6.09. The third-order valence-electron chi connectivity index (χ3n) is 2.65. The lowest BCUT2D eigenvalue weighted by Crippen LogP contribution is -2.35. The topological polar surface area (TPSA) is 24.1 Å². The average Bonchev–Trinajstić information content (AvgIpc) is 2.25. The predicted molar refractivity (Wildman–Crippen MR) is 66.0 cm³/mol. The lowest BCUT2D eigenvalue weighted by molar-refractivity contribution is 0.479. The van der Waals surface area contributed by atoms with E-state index < -0.39 is 0 Å². The van der Waals surface area contributed by atoms with E-state index >= 15 is 0 Å². The van der Waals surface area contributed by atoms with Gasteiger partial charge in [0.05, 0.1) is 15.7 Å². The number of rotatable bonds is 2. The van der Waals surface area contributed by atoms with E-state index in [1.165, 1.54) is 0 Å². The molecule has 0 saturated carbocycles. The van der Waals surface area contributed by atoms with Gasteiger partial charge in [-0.1, -0.05) is 29.3 Å². The van der Waals surface area contributed by atoms with Gasteiger partial charge in [-0.25, -0.2) is 0 Å². The quantitative estimate of drug-likeness (QED) is 0.836. The van der Waals surface area contributed by atoms with Crippen molar-refractivity contribution >= 4 is 28.9 Å². The standard InChI is InChI=1S/C11H14Cl2N2/c12-9-2-1-3-10(13)11(9)15-8-4-6-14-7-5-8/h1-3,8,14-15H,4-7H2. The van der Waals surface area contributed by atoms with Crippen LogP contribution in [0.1, 0.15) is 12.8 Å². The van der Waals surface area contributed by atoms with Crippen molar-refractivity contribution in [3.8, 4) is 0 Å². The lowest BCUT2D eigenvalue weighted by atomic mass is 10.1. The Balaban J connectivity index is 2.09. The molecule has 82 valence electrons. The fraction of sp³-hybridized carbons (Fsp3) is 0.455. The Kier molecular flexibility index (Phi) is 3.73. The predicted octanol–water partition coefficient (Wildman–Crippen LogP) is 3.16. The molecule has 2 nitrogen and oxygen atoms in total. The van der Waals surface area contributed by atoms with E-state index in [9.17, 15) is 0 Å². The Bertz CT molecular complexity index is 315. The molecule has 1 saturated heterocycles. The molecule has 15 heavy (non-hydrogen) atoms. The number of para-hydroxylation sites is 1. The maximum Gasteiger partial charge on any atom is 0.0721 e. The Morgan fingerprint density at radius 1 is 1.13 bits per heavy atom. The molecular weight excluding hydrogens is 231 g/mol. The molecule has 2 rings (SSSR count). The molecule has 1 aromatic carbocycles. The molecule has 0 bridgehead atoms. The summed E-state index contributed by atoms with van der Waals surface area (Å²) >= 11 is 12.2. The van der Waals surface area contributed by atoms with Crippen molar-refractivity contribution in [2.45, 2.75) is 18.9 Å². The molecule has 1 fully saturated rings. The highest BCUT2D eigenvalue weighted by atomic mass is 35.5. The Labute approximate surface area is 100.0 Å². The van der Waals surface area contributed by atoms with Crippen LogP contribution in [-0.4, -0.2) is 19.1 Å². The van der Waals surface area contributed by atoms with Crippen LogP contribution in [0.5, 0.6) is 0 Å². The number of nitrogens with one attached hydrogen (secondary N) is 2. The Morgan fingerprint density at radius 3 is 2.33 bits per heavy atom. The minimum Gasteiger partial charge on any atom is -0.380 e. The third-order valence-corrected chi connectivity index (χ3v) is 3.28. The fourth-order valence-electron chi connectivity index (χ4n) is 1.81.